The summed E-state index contributed by atoms with van der Waals surface area (Å²) in [5.74, 6) is 0.334. The minimum atomic E-state index is -0.538. The molecule has 0 radical (unpaired) electrons. The van der Waals surface area contributed by atoms with Gasteiger partial charge in [-0.3, -0.25) is 20.2 Å². The third kappa shape index (κ3) is 3.70. The number of aromatic nitrogens is 1. The van der Waals surface area contributed by atoms with Crippen molar-refractivity contribution >= 4 is 28.1 Å². The molecule has 1 N–H and O–H groups in total. The van der Waals surface area contributed by atoms with Crippen LogP contribution >= 0.6 is 11.3 Å². The third-order valence-corrected chi connectivity index (χ3v) is 4.89. The molecule has 0 spiro atoms. The number of nitrogens with zero attached hydrogens (tertiary/aromatic N) is 2. The number of benzene rings is 1. The topological polar surface area (TPSA) is 94.4 Å². The number of thiazole rings is 1. The van der Waals surface area contributed by atoms with Gasteiger partial charge in [-0.1, -0.05) is 19.1 Å². The summed E-state index contributed by atoms with van der Waals surface area (Å²) in [6, 6.07) is 5.97. The molecule has 1 amide bonds. The van der Waals surface area contributed by atoms with Gasteiger partial charge in [-0.05, 0) is 31.2 Å². The minimum Gasteiger partial charge on any atom is -0.477 e. The highest BCUT2D eigenvalue weighted by atomic mass is 32.1. The van der Waals surface area contributed by atoms with E-state index in [1.807, 2.05) is 0 Å². The van der Waals surface area contributed by atoms with Crippen molar-refractivity contribution in [2.45, 2.75) is 26.2 Å². The van der Waals surface area contributed by atoms with Crippen molar-refractivity contribution in [3.63, 3.8) is 0 Å². The summed E-state index contributed by atoms with van der Waals surface area (Å²) >= 11 is 1.49. The van der Waals surface area contributed by atoms with Crippen LogP contribution in [-0.2, 0) is 17.6 Å². The molecule has 1 aromatic heterocycles. The Labute approximate surface area is 142 Å². The third-order valence-electron chi connectivity index (χ3n) is 3.85. The van der Waals surface area contributed by atoms with Gasteiger partial charge in [0.15, 0.2) is 17.5 Å². The van der Waals surface area contributed by atoms with Gasteiger partial charge in [0.05, 0.1) is 10.6 Å². The van der Waals surface area contributed by atoms with Crippen molar-refractivity contribution in [3.8, 4) is 5.75 Å². The Morgan fingerprint density at radius 3 is 3.08 bits per heavy atom. The van der Waals surface area contributed by atoms with Gasteiger partial charge >= 0.3 is 5.69 Å². The van der Waals surface area contributed by atoms with Crippen LogP contribution in [0.4, 0.5) is 10.8 Å². The van der Waals surface area contributed by atoms with E-state index in [4.69, 9.17) is 4.74 Å². The molecule has 8 heteroatoms. The SMILES string of the molecule is CC1CCc2nc(NC(=O)COc3ccccc3[N+](=O)[O-])sc2C1. The Kier molecular flexibility index (Phi) is 4.75. The Hall–Kier alpha value is -2.48. The van der Waals surface area contributed by atoms with Crippen molar-refractivity contribution < 1.29 is 14.5 Å². The summed E-state index contributed by atoms with van der Waals surface area (Å²) in [4.78, 5) is 28.1. The number of hydrogen-bond acceptors (Lipinski definition) is 6. The molecule has 2 aromatic rings. The van der Waals surface area contributed by atoms with E-state index in [0.29, 0.717) is 11.0 Å². The first-order valence-corrected chi connectivity index (χ1v) is 8.49. The predicted molar refractivity (Wildman–Crippen MR) is 90.5 cm³/mol. The summed E-state index contributed by atoms with van der Waals surface area (Å²) in [5, 5.41) is 14.2. The number of nitro benzene ring substituents is 1. The number of ether oxygens (including phenoxy) is 1. The maximum absolute atomic E-state index is 12.0. The van der Waals surface area contributed by atoms with Crippen LogP contribution in [0.1, 0.15) is 23.9 Å². The second-order valence-electron chi connectivity index (χ2n) is 5.80. The lowest BCUT2D eigenvalue weighted by Crippen LogP contribution is -2.20. The number of carbonyl (C=O) groups is 1. The molecule has 1 aromatic carbocycles. The summed E-state index contributed by atoms with van der Waals surface area (Å²) in [5.41, 5.74) is 0.900. The number of nitrogens with one attached hydrogen (secondary N) is 1. The zero-order chi connectivity index (χ0) is 17.1. The maximum Gasteiger partial charge on any atom is 0.310 e. The summed E-state index contributed by atoms with van der Waals surface area (Å²) < 4.78 is 5.27. The highest BCUT2D eigenvalue weighted by molar-refractivity contribution is 7.15. The van der Waals surface area contributed by atoms with Crippen LogP contribution < -0.4 is 10.1 Å². The fourth-order valence-electron chi connectivity index (χ4n) is 2.62. The number of rotatable bonds is 5. The van der Waals surface area contributed by atoms with Gasteiger partial charge in [-0.15, -0.1) is 11.3 Å². The van der Waals surface area contributed by atoms with Gasteiger partial charge in [0.25, 0.3) is 5.91 Å². The minimum absolute atomic E-state index is 0.0740. The van der Waals surface area contributed by atoms with Gasteiger partial charge in [0, 0.05) is 10.9 Å². The van der Waals surface area contributed by atoms with Gasteiger partial charge in [0.1, 0.15) is 0 Å². The molecule has 0 fully saturated rings. The van der Waals surface area contributed by atoms with E-state index in [2.05, 4.69) is 17.2 Å². The molecule has 1 aliphatic carbocycles. The zero-order valence-corrected chi connectivity index (χ0v) is 14.0. The molecule has 0 bridgehead atoms. The van der Waals surface area contributed by atoms with Crippen LogP contribution in [0, 0.1) is 16.0 Å². The fraction of sp³-hybridized carbons (Fsp3) is 0.375. The predicted octanol–water partition coefficient (Wildman–Crippen LogP) is 3.19. The largest absolute Gasteiger partial charge is 0.477 e. The van der Waals surface area contributed by atoms with Crippen LogP contribution in [0.15, 0.2) is 24.3 Å². The normalized spacial score (nSPS) is 16.3. The van der Waals surface area contributed by atoms with Gasteiger partial charge < -0.3 is 4.74 Å². The van der Waals surface area contributed by atoms with Crippen LogP contribution in [-0.4, -0.2) is 22.4 Å². The maximum atomic E-state index is 12.0. The highest BCUT2D eigenvalue weighted by Crippen LogP contribution is 2.32. The molecule has 24 heavy (non-hydrogen) atoms. The second kappa shape index (κ2) is 6.96. The second-order valence-corrected chi connectivity index (χ2v) is 6.88. The quantitative estimate of drug-likeness (QED) is 0.662. The Bertz CT molecular complexity index is 774. The van der Waals surface area contributed by atoms with E-state index in [1.54, 1.807) is 12.1 Å². The van der Waals surface area contributed by atoms with E-state index in [1.165, 1.54) is 28.3 Å². The lowest BCUT2D eigenvalue weighted by Gasteiger charge is -2.15. The van der Waals surface area contributed by atoms with E-state index >= 15 is 0 Å². The summed E-state index contributed by atoms with van der Waals surface area (Å²) in [6.45, 7) is 1.91. The number of para-hydroxylation sites is 2. The standard InChI is InChI=1S/C16H17N3O4S/c1-10-6-7-11-14(8-10)24-16(17-11)18-15(20)9-23-13-5-3-2-4-12(13)19(21)22/h2-5,10H,6-9H2,1H3,(H,17,18,20). The molecular weight excluding hydrogens is 330 g/mol. The van der Waals surface area contributed by atoms with Crippen molar-refractivity contribution in [1.29, 1.82) is 0 Å². The molecule has 0 saturated heterocycles. The average Bonchev–Trinajstić information content (AvgIpc) is 2.94. The zero-order valence-electron chi connectivity index (χ0n) is 13.2. The first-order valence-electron chi connectivity index (χ1n) is 7.67. The molecule has 1 unspecified atom stereocenters. The van der Waals surface area contributed by atoms with Crippen LogP contribution in [0.3, 0.4) is 0 Å². The Morgan fingerprint density at radius 2 is 2.29 bits per heavy atom. The van der Waals surface area contributed by atoms with Crippen LogP contribution in [0.5, 0.6) is 5.75 Å². The summed E-state index contributed by atoms with van der Waals surface area (Å²) in [6.07, 6.45) is 3.05. The van der Waals surface area contributed by atoms with Crippen molar-refractivity contribution in [2.75, 3.05) is 11.9 Å². The van der Waals surface area contributed by atoms with E-state index in [9.17, 15) is 14.9 Å². The lowest BCUT2D eigenvalue weighted by molar-refractivity contribution is -0.385. The smallest absolute Gasteiger partial charge is 0.310 e. The number of hydrogen-bond donors (Lipinski definition) is 1. The highest BCUT2D eigenvalue weighted by Gasteiger charge is 2.21. The molecule has 0 saturated carbocycles. The van der Waals surface area contributed by atoms with Gasteiger partial charge in [0.2, 0.25) is 0 Å². The van der Waals surface area contributed by atoms with Crippen LogP contribution in [0.2, 0.25) is 0 Å². The van der Waals surface area contributed by atoms with E-state index in [0.717, 1.165) is 25.0 Å². The molecule has 126 valence electrons. The van der Waals surface area contributed by atoms with E-state index in [-0.39, 0.29) is 24.0 Å². The van der Waals surface area contributed by atoms with Gasteiger partial charge in [-0.25, -0.2) is 4.98 Å². The molecule has 1 heterocycles. The first-order chi connectivity index (χ1) is 11.5. The van der Waals surface area contributed by atoms with Crippen molar-refractivity contribution in [2.24, 2.45) is 5.92 Å². The number of carbonyl (C=O) groups excluding carboxylic acids is 1. The van der Waals surface area contributed by atoms with Crippen molar-refractivity contribution in [3.05, 3.63) is 45.0 Å². The molecule has 7 nitrogen and oxygen atoms in total. The summed E-state index contributed by atoms with van der Waals surface area (Å²) in [7, 11) is 0. The van der Waals surface area contributed by atoms with Gasteiger partial charge in [-0.2, -0.15) is 0 Å². The molecule has 0 aliphatic heterocycles. The Balaban J connectivity index is 1.60. The molecular formula is C16H17N3O4S. The molecule has 1 aliphatic rings. The lowest BCUT2D eigenvalue weighted by atomic mass is 9.93. The number of anilines is 1. The fourth-order valence-corrected chi connectivity index (χ4v) is 3.81. The monoisotopic (exact) mass is 347 g/mol. The van der Waals surface area contributed by atoms with Crippen LogP contribution in [0.25, 0.3) is 0 Å². The van der Waals surface area contributed by atoms with Crippen molar-refractivity contribution in [1.82, 2.24) is 4.98 Å². The average molecular weight is 347 g/mol. The number of amides is 1. The number of aryl methyl sites for hydroxylation is 1. The van der Waals surface area contributed by atoms with E-state index < -0.39 is 4.92 Å². The number of nitro groups is 1. The molecule has 3 rings (SSSR count). The Morgan fingerprint density at radius 1 is 1.50 bits per heavy atom. The number of fused-ring (bicyclic) bond motifs is 1. The first kappa shape index (κ1) is 16.4. The molecule has 1 atom stereocenters.